The van der Waals surface area contributed by atoms with E-state index >= 15 is 0 Å². The molecule has 1 aliphatic heterocycles. The Bertz CT molecular complexity index is 357. The van der Waals surface area contributed by atoms with Gasteiger partial charge in [0.15, 0.2) is 0 Å². The molecule has 0 aliphatic carbocycles. The van der Waals surface area contributed by atoms with Gasteiger partial charge in [-0.25, -0.2) is 9.89 Å². The Hall–Kier alpha value is -1.59. The van der Waals surface area contributed by atoms with E-state index in [1.807, 2.05) is 0 Å². The Kier molecular flexibility index (Phi) is 1.88. The number of rotatable bonds is 1. The first-order valence-electron chi connectivity index (χ1n) is 4.15. The molecule has 13 heavy (non-hydrogen) atoms. The molecule has 2 N–H and O–H groups in total. The van der Waals surface area contributed by atoms with Crippen LogP contribution in [-0.4, -0.2) is 27.2 Å². The number of nitrogens with one attached hydrogen (secondary N) is 2. The van der Waals surface area contributed by atoms with Crippen molar-refractivity contribution in [2.45, 2.75) is 18.9 Å². The van der Waals surface area contributed by atoms with Crippen molar-refractivity contribution >= 4 is 5.91 Å². The monoisotopic (exact) mass is 182 g/mol. The van der Waals surface area contributed by atoms with Crippen molar-refractivity contribution in [3.05, 3.63) is 16.8 Å². The molecule has 0 bridgehead atoms. The van der Waals surface area contributed by atoms with Gasteiger partial charge in [-0.2, -0.15) is 5.10 Å². The highest BCUT2D eigenvalue weighted by Crippen LogP contribution is 2.13. The van der Waals surface area contributed by atoms with Crippen LogP contribution in [0, 0.1) is 0 Å². The molecule has 1 unspecified atom stereocenters. The van der Waals surface area contributed by atoms with Gasteiger partial charge < -0.3 is 5.32 Å². The first kappa shape index (κ1) is 8.03. The number of amides is 1. The Morgan fingerprint density at radius 2 is 2.38 bits per heavy atom. The molecule has 1 aliphatic rings. The Labute approximate surface area is 74.0 Å². The highest BCUT2D eigenvalue weighted by molar-refractivity contribution is 5.76. The van der Waals surface area contributed by atoms with E-state index in [1.165, 1.54) is 10.9 Å². The fourth-order valence-corrected chi connectivity index (χ4v) is 1.47. The van der Waals surface area contributed by atoms with Crippen LogP contribution in [0.25, 0.3) is 0 Å². The number of nitrogens with zero attached hydrogens (tertiary/aromatic N) is 2. The van der Waals surface area contributed by atoms with Crippen molar-refractivity contribution < 1.29 is 4.79 Å². The summed E-state index contributed by atoms with van der Waals surface area (Å²) in [4.78, 5) is 22.0. The SMILES string of the molecule is O=C1CCC(n2cn[nH]c2=O)CN1. The van der Waals surface area contributed by atoms with Gasteiger partial charge in [0, 0.05) is 13.0 Å². The zero-order chi connectivity index (χ0) is 9.26. The quantitative estimate of drug-likeness (QED) is 0.586. The molecule has 1 aromatic heterocycles. The van der Waals surface area contributed by atoms with Crippen LogP contribution in [0.1, 0.15) is 18.9 Å². The standard InChI is InChI=1S/C7H10N4O2/c12-6-2-1-5(3-8-6)11-4-9-10-7(11)13/h4-5H,1-3H2,(H,8,12)(H,10,13). The normalized spacial score (nSPS) is 22.8. The number of carbonyl (C=O) groups excluding carboxylic acids is 1. The van der Waals surface area contributed by atoms with Crippen LogP contribution >= 0.6 is 0 Å². The minimum Gasteiger partial charge on any atom is -0.354 e. The molecule has 2 rings (SSSR count). The summed E-state index contributed by atoms with van der Waals surface area (Å²) in [6.07, 6.45) is 2.64. The lowest BCUT2D eigenvalue weighted by Crippen LogP contribution is -2.38. The van der Waals surface area contributed by atoms with E-state index in [-0.39, 0.29) is 17.6 Å². The van der Waals surface area contributed by atoms with E-state index in [0.29, 0.717) is 19.4 Å². The van der Waals surface area contributed by atoms with Gasteiger partial charge in [0.05, 0.1) is 6.04 Å². The summed E-state index contributed by atoms with van der Waals surface area (Å²) in [5.41, 5.74) is -0.221. The molecule has 1 fully saturated rings. The lowest BCUT2D eigenvalue weighted by molar-refractivity contribution is -0.122. The van der Waals surface area contributed by atoms with Crippen molar-refractivity contribution in [3.63, 3.8) is 0 Å². The summed E-state index contributed by atoms with van der Waals surface area (Å²) in [6.45, 7) is 0.512. The molecule has 1 atom stereocenters. The van der Waals surface area contributed by atoms with Gasteiger partial charge in [0.2, 0.25) is 5.91 Å². The molecule has 0 aromatic carbocycles. The summed E-state index contributed by atoms with van der Waals surface area (Å²) >= 11 is 0. The third-order valence-electron chi connectivity index (χ3n) is 2.21. The first-order chi connectivity index (χ1) is 6.27. The smallest absolute Gasteiger partial charge is 0.343 e. The van der Waals surface area contributed by atoms with E-state index in [2.05, 4.69) is 15.5 Å². The molecule has 0 radical (unpaired) electrons. The second-order valence-corrected chi connectivity index (χ2v) is 3.07. The molecule has 0 saturated carbocycles. The van der Waals surface area contributed by atoms with Gasteiger partial charge in [0.1, 0.15) is 6.33 Å². The van der Waals surface area contributed by atoms with Crippen LogP contribution in [-0.2, 0) is 4.79 Å². The van der Waals surface area contributed by atoms with Crippen molar-refractivity contribution in [2.75, 3.05) is 6.54 Å². The molecular formula is C7H10N4O2. The van der Waals surface area contributed by atoms with Gasteiger partial charge in [-0.3, -0.25) is 9.36 Å². The molecule has 2 heterocycles. The minimum atomic E-state index is -0.221. The third kappa shape index (κ3) is 1.47. The van der Waals surface area contributed by atoms with Crippen LogP contribution in [0.5, 0.6) is 0 Å². The number of aromatic amines is 1. The van der Waals surface area contributed by atoms with Gasteiger partial charge >= 0.3 is 5.69 Å². The number of aromatic nitrogens is 3. The fraction of sp³-hybridized carbons (Fsp3) is 0.571. The summed E-state index contributed by atoms with van der Waals surface area (Å²) < 4.78 is 1.51. The second kappa shape index (κ2) is 3.04. The number of piperidine rings is 1. The van der Waals surface area contributed by atoms with E-state index in [1.54, 1.807) is 0 Å². The van der Waals surface area contributed by atoms with Gasteiger partial charge in [-0.05, 0) is 6.42 Å². The summed E-state index contributed by atoms with van der Waals surface area (Å²) in [5.74, 6) is 0.0489. The average Bonchev–Trinajstić information content (AvgIpc) is 2.53. The number of hydrogen-bond donors (Lipinski definition) is 2. The van der Waals surface area contributed by atoms with Crippen LogP contribution in [0.3, 0.4) is 0 Å². The lowest BCUT2D eigenvalue weighted by Gasteiger charge is -2.22. The van der Waals surface area contributed by atoms with E-state index < -0.39 is 0 Å². The predicted molar refractivity (Wildman–Crippen MR) is 44.1 cm³/mol. The topological polar surface area (TPSA) is 79.8 Å². The van der Waals surface area contributed by atoms with Gasteiger partial charge in [0.25, 0.3) is 0 Å². The summed E-state index contributed by atoms with van der Waals surface area (Å²) in [7, 11) is 0. The van der Waals surface area contributed by atoms with Crippen molar-refractivity contribution in [2.24, 2.45) is 0 Å². The average molecular weight is 182 g/mol. The molecule has 1 amide bonds. The van der Waals surface area contributed by atoms with Crippen molar-refractivity contribution in [1.29, 1.82) is 0 Å². The molecule has 6 heteroatoms. The van der Waals surface area contributed by atoms with E-state index in [0.717, 1.165) is 0 Å². The lowest BCUT2D eigenvalue weighted by atomic mass is 10.1. The number of H-pyrrole nitrogens is 1. The maximum absolute atomic E-state index is 11.1. The van der Waals surface area contributed by atoms with Crippen LogP contribution < -0.4 is 11.0 Å². The molecule has 0 spiro atoms. The van der Waals surface area contributed by atoms with E-state index in [9.17, 15) is 9.59 Å². The highest BCUT2D eigenvalue weighted by Gasteiger charge is 2.20. The number of hydrogen-bond acceptors (Lipinski definition) is 3. The van der Waals surface area contributed by atoms with Crippen molar-refractivity contribution in [3.8, 4) is 0 Å². The molecule has 1 aromatic rings. The van der Waals surface area contributed by atoms with E-state index in [4.69, 9.17) is 0 Å². The largest absolute Gasteiger partial charge is 0.354 e. The minimum absolute atomic E-state index is 0.0453. The molecule has 1 saturated heterocycles. The molecular weight excluding hydrogens is 172 g/mol. The van der Waals surface area contributed by atoms with Crippen molar-refractivity contribution in [1.82, 2.24) is 20.1 Å². The van der Waals surface area contributed by atoms with Crippen LogP contribution in [0.15, 0.2) is 11.1 Å². The predicted octanol–water partition coefficient (Wildman–Crippen LogP) is -0.977. The summed E-state index contributed by atoms with van der Waals surface area (Å²) in [5, 5.41) is 8.66. The first-order valence-corrected chi connectivity index (χ1v) is 4.15. The van der Waals surface area contributed by atoms with Gasteiger partial charge in [-0.15, -0.1) is 0 Å². The highest BCUT2D eigenvalue weighted by atomic mass is 16.2. The third-order valence-corrected chi connectivity index (χ3v) is 2.21. The summed E-state index contributed by atoms with van der Waals surface area (Å²) in [6, 6.07) is 0.0453. The van der Waals surface area contributed by atoms with Crippen LogP contribution in [0.2, 0.25) is 0 Å². The maximum Gasteiger partial charge on any atom is 0.343 e. The Morgan fingerprint density at radius 1 is 1.54 bits per heavy atom. The Balaban J connectivity index is 2.15. The van der Waals surface area contributed by atoms with Gasteiger partial charge in [-0.1, -0.05) is 0 Å². The number of carbonyl (C=O) groups is 1. The zero-order valence-electron chi connectivity index (χ0n) is 6.99. The second-order valence-electron chi connectivity index (χ2n) is 3.07. The fourth-order valence-electron chi connectivity index (χ4n) is 1.47. The Morgan fingerprint density at radius 3 is 2.92 bits per heavy atom. The van der Waals surface area contributed by atoms with Crippen LogP contribution in [0.4, 0.5) is 0 Å². The molecule has 70 valence electrons. The zero-order valence-corrected chi connectivity index (χ0v) is 6.99. The maximum atomic E-state index is 11.1. The molecule has 6 nitrogen and oxygen atoms in total.